The molecule has 1 heterocycles. The van der Waals surface area contributed by atoms with Gasteiger partial charge in [0.2, 0.25) is 5.91 Å². The highest BCUT2D eigenvalue weighted by Crippen LogP contribution is 2.13. The first-order valence-electron chi connectivity index (χ1n) is 6.18. The molecular weight excluding hydrogens is 204 g/mol. The Morgan fingerprint density at radius 2 is 2.44 bits per heavy atom. The van der Waals surface area contributed by atoms with Crippen molar-refractivity contribution in [2.45, 2.75) is 26.2 Å². The Kier molecular flexibility index (Phi) is 6.42. The van der Waals surface area contributed by atoms with Gasteiger partial charge < -0.3 is 15.4 Å². The van der Waals surface area contributed by atoms with Crippen molar-refractivity contribution >= 4 is 5.91 Å². The normalized spacial score (nSPS) is 22.0. The third kappa shape index (κ3) is 5.47. The summed E-state index contributed by atoms with van der Waals surface area (Å²) in [4.78, 5) is 11.5. The second-order valence-corrected chi connectivity index (χ2v) is 4.76. The monoisotopic (exact) mass is 228 g/mol. The zero-order valence-electron chi connectivity index (χ0n) is 10.4. The fourth-order valence-electron chi connectivity index (χ4n) is 2.02. The molecule has 2 N–H and O–H groups in total. The Balaban J connectivity index is 2.01. The van der Waals surface area contributed by atoms with Gasteiger partial charge in [0.15, 0.2) is 0 Å². The molecule has 94 valence electrons. The zero-order chi connectivity index (χ0) is 11.8. The summed E-state index contributed by atoms with van der Waals surface area (Å²) in [6.07, 6.45) is 2.89. The number of methoxy groups -OCH3 is 1. The van der Waals surface area contributed by atoms with E-state index in [1.165, 1.54) is 6.42 Å². The Morgan fingerprint density at radius 1 is 1.62 bits per heavy atom. The molecule has 1 aliphatic heterocycles. The molecule has 0 aromatic carbocycles. The summed E-state index contributed by atoms with van der Waals surface area (Å²) in [7, 11) is 1.69. The maximum Gasteiger partial charge on any atom is 0.220 e. The topological polar surface area (TPSA) is 50.4 Å². The molecule has 1 amide bonds. The van der Waals surface area contributed by atoms with Gasteiger partial charge in [0.25, 0.3) is 0 Å². The Bertz CT molecular complexity index is 203. The number of hydrogen-bond acceptors (Lipinski definition) is 3. The quantitative estimate of drug-likeness (QED) is 0.677. The van der Waals surface area contributed by atoms with E-state index in [9.17, 15) is 4.79 Å². The lowest BCUT2D eigenvalue weighted by molar-refractivity contribution is -0.121. The molecule has 1 rings (SSSR count). The maximum absolute atomic E-state index is 11.5. The molecule has 2 unspecified atom stereocenters. The highest BCUT2D eigenvalue weighted by atomic mass is 16.5. The number of hydrogen-bond donors (Lipinski definition) is 2. The minimum atomic E-state index is 0.176. The number of amides is 1. The van der Waals surface area contributed by atoms with Crippen LogP contribution in [0.5, 0.6) is 0 Å². The van der Waals surface area contributed by atoms with Crippen molar-refractivity contribution < 1.29 is 9.53 Å². The molecule has 1 saturated heterocycles. The van der Waals surface area contributed by atoms with Crippen LogP contribution in [0.4, 0.5) is 0 Å². The van der Waals surface area contributed by atoms with Gasteiger partial charge in [0.1, 0.15) is 0 Å². The van der Waals surface area contributed by atoms with Crippen molar-refractivity contribution in [1.29, 1.82) is 0 Å². The SMILES string of the molecule is COCC(C)CNC(=O)CCC1CCNC1. The molecule has 0 saturated carbocycles. The number of nitrogens with one attached hydrogen (secondary N) is 2. The molecule has 2 atom stereocenters. The highest BCUT2D eigenvalue weighted by molar-refractivity contribution is 5.75. The Morgan fingerprint density at radius 3 is 3.06 bits per heavy atom. The fraction of sp³-hybridized carbons (Fsp3) is 0.917. The van der Waals surface area contributed by atoms with Crippen LogP contribution in [0.1, 0.15) is 26.2 Å². The third-order valence-corrected chi connectivity index (χ3v) is 3.04. The first-order valence-corrected chi connectivity index (χ1v) is 6.18. The average molecular weight is 228 g/mol. The summed E-state index contributed by atoms with van der Waals surface area (Å²) in [6, 6.07) is 0. The van der Waals surface area contributed by atoms with Crippen LogP contribution in [0.15, 0.2) is 0 Å². The summed E-state index contributed by atoms with van der Waals surface area (Å²) in [5, 5.41) is 6.27. The van der Waals surface area contributed by atoms with E-state index in [1.807, 2.05) is 0 Å². The largest absolute Gasteiger partial charge is 0.384 e. The van der Waals surface area contributed by atoms with Crippen LogP contribution < -0.4 is 10.6 Å². The molecule has 1 aliphatic rings. The van der Waals surface area contributed by atoms with Gasteiger partial charge in [0, 0.05) is 20.1 Å². The summed E-state index contributed by atoms with van der Waals surface area (Å²) in [5.74, 6) is 1.26. The van der Waals surface area contributed by atoms with Crippen LogP contribution in [0.2, 0.25) is 0 Å². The van der Waals surface area contributed by atoms with E-state index in [1.54, 1.807) is 7.11 Å². The van der Waals surface area contributed by atoms with Gasteiger partial charge in [0.05, 0.1) is 6.61 Å². The minimum Gasteiger partial charge on any atom is -0.384 e. The van der Waals surface area contributed by atoms with Crippen LogP contribution in [-0.2, 0) is 9.53 Å². The minimum absolute atomic E-state index is 0.176. The Hall–Kier alpha value is -0.610. The van der Waals surface area contributed by atoms with E-state index < -0.39 is 0 Å². The van der Waals surface area contributed by atoms with Crippen LogP contribution in [-0.4, -0.2) is 39.3 Å². The number of carbonyl (C=O) groups is 1. The van der Waals surface area contributed by atoms with Crippen molar-refractivity contribution in [3.05, 3.63) is 0 Å². The molecule has 4 heteroatoms. The van der Waals surface area contributed by atoms with E-state index >= 15 is 0 Å². The molecule has 0 aromatic heterocycles. The fourth-order valence-corrected chi connectivity index (χ4v) is 2.02. The van der Waals surface area contributed by atoms with Gasteiger partial charge in [-0.05, 0) is 37.8 Å². The van der Waals surface area contributed by atoms with E-state index in [0.717, 1.165) is 26.1 Å². The van der Waals surface area contributed by atoms with Gasteiger partial charge in [-0.1, -0.05) is 6.92 Å². The molecule has 1 fully saturated rings. The molecule has 0 radical (unpaired) electrons. The Labute approximate surface area is 98.1 Å². The first kappa shape index (κ1) is 13.5. The summed E-state index contributed by atoms with van der Waals surface area (Å²) in [6.45, 7) is 5.68. The van der Waals surface area contributed by atoms with Crippen LogP contribution in [0.3, 0.4) is 0 Å². The molecule has 16 heavy (non-hydrogen) atoms. The van der Waals surface area contributed by atoms with Crippen LogP contribution in [0.25, 0.3) is 0 Å². The van der Waals surface area contributed by atoms with Gasteiger partial charge >= 0.3 is 0 Å². The van der Waals surface area contributed by atoms with Crippen molar-refractivity contribution in [3.63, 3.8) is 0 Å². The van der Waals surface area contributed by atoms with Gasteiger partial charge in [-0.3, -0.25) is 4.79 Å². The zero-order valence-corrected chi connectivity index (χ0v) is 10.4. The molecule has 0 spiro atoms. The molecule has 4 nitrogen and oxygen atoms in total. The lowest BCUT2D eigenvalue weighted by Gasteiger charge is -2.12. The number of rotatable bonds is 7. The van der Waals surface area contributed by atoms with Crippen LogP contribution in [0, 0.1) is 11.8 Å². The number of carbonyl (C=O) groups excluding carboxylic acids is 1. The van der Waals surface area contributed by atoms with E-state index in [-0.39, 0.29) is 5.91 Å². The highest BCUT2D eigenvalue weighted by Gasteiger charge is 2.15. The molecule has 0 bridgehead atoms. The summed E-state index contributed by atoms with van der Waals surface area (Å²) >= 11 is 0. The first-order chi connectivity index (χ1) is 7.72. The predicted octanol–water partition coefficient (Wildman–Crippen LogP) is 0.775. The third-order valence-electron chi connectivity index (χ3n) is 3.04. The second kappa shape index (κ2) is 7.63. The molecule has 0 aliphatic carbocycles. The van der Waals surface area contributed by atoms with E-state index in [4.69, 9.17) is 4.74 Å². The second-order valence-electron chi connectivity index (χ2n) is 4.76. The van der Waals surface area contributed by atoms with Crippen molar-refractivity contribution in [1.82, 2.24) is 10.6 Å². The van der Waals surface area contributed by atoms with E-state index in [0.29, 0.717) is 24.9 Å². The average Bonchev–Trinajstić information content (AvgIpc) is 2.77. The molecular formula is C12H24N2O2. The predicted molar refractivity (Wildman–Crippen MR) is 64.3 cm³/mol. The van der Waals surface area contributed by atoms with Crippen molar-refractivity contribution in [2.24, 2.45) is 11.8 Å². The smallest absolute Gasteiger partial charge is 0.220 e. The molecule has 0 aromatic rings. The maximum atomic E-state index is 11.5. The van der Waals surface area contributed by atoms with Gasteiger partial charge in [-0.2, -0.15) is 0 Å². The lowest BCUT2D eigenvalue weighted by Crippen LogP contribution is -2.30. The summed E-state index contributed by atoms with van der Waals surface area (Å²) < 4.78 is 5.02. The lowest BCUT2D eigenvalue weighted by atomic mass is 10.0. The van der Waals surface area contributed by atoms with Crippen molar-refractivity contribution in [3.8, 4) is 0 Å². The van der Waals surface area contributed by atoms with Gasteiger partial charge in [-0.25, -0.2) is 0 Å². The number of ether oxygens (including phenoxy) is 1. The van der Waals surface area contributed by atoms with Crippen LogP contribution >= 0.6 is 0 Å². The van der Waals surface area contributed by atoms with E-state index in [2.05, 4.69) is 17.6 Å². The standard InChI is InChI=1S/C12H24N2O2/c1-10(9-16-2)7-14-12(15)4-3-11-5-6-13-8-11/h10-11,13H,3-9H2,1-2H3,(H,14,15). The summed E-state index contributed by atoms with van der Waals surface area (Å²) in [5.41, 5.74) is 0. The van der Waals surface area contributed by atoms with Gasteiger partial charge in [-0.15, -0.1) is 0 Å². The van der Waals surface area contributed by atoms with Crippen molar-refractivity contribution in [2.75, 3.05) is 33.4 Å².